The lowest BCUT2D eigenvalue weighted by atomic mass is 10.0. The van der Waals surface area contributed by atoms with Gasteiger partial charge in [0.05, 0.1) is 37.9 Å². The highest BCUT2D eigenvalue weighted by molar-refractivity contribution is 5.83. The third-order valence-corrected chi connectivity index (χ3v) is 5.75. The molecule has 1 aliphatic heterocycles. The summed E-state index contributed by atoms with van der Waals surface area (Å²) in [5.74, 6) is 0.398. The Balaban J connectivity index is 1.30. The number of hydrogen-bond acceptors (Lipinski definition) is 3. The number of hydrogen-bond donors (Lipinski definition) is 3. The topological polar surface area (TPSA) is 57.0 Å². The van der Waals surface area contributed by atoms with Crippen LogP contribution in [-0.4, -0.2) is 43.7 Å². The molecule has 1 atom stereocenters. The van der Waals surface area contributed by atoms with Gasteiger partial charge in [0.25, 0.3) is 5.91 Å². The van der Waals surface area contributed by atoms with Crippen molar-refractivity contribution in [3.05, 3.63) is 72.3 Å². The van der Waals surface area contributed by atoms with Crippen molar-refractivity contribution in [2.75, 3.05) is 37.6 Å². The molecule has 0 aliphatic carbocycles. The molecule has 150 valence electrons. The molecule has 1 aliphatic rings. The van der Waals surface area contributed by atoms with E-state index in [1.165, 1.54) is 15.7 Å². The van der Waals surface area contributed by atoms with Crippen LogP contribution in [0.5, 0.6) is 5.75 Å². The predicted octanol–water partition coefficient (Wildman–Crippen LogP) is 2.13. The van der Waals surface area contributed by atoms with Crippen molar-refractivity contribution in [1.29, 1.82) is 0 Å². The van der Waals surface area contributed by atoms with E-state index in [0.717, 1.165) is 37.4 Å². The van der Waals surface area contributed by atoms with Crippen LogP contribution in [0.2, 0.25) is 0 Å². The Bertz CT molecular complexity index is 996. The highest BCUT2D eigenvalue weighted by Crippen LogP contribution is 2.26. The predicted molar refractivity (Wildman–Crippen MR) is 116 cm³/mol. The minimum atomic E-state index is -0.0194. The van der Waals surface area contributed by atoms with Gasteiger partial charge in [-0.15, -0.1) is 0 Å². The normalized spacial score (nSPS) is 16.0. The highest BCUT2D eigenvalue weighted by atomic mass is 16.3. The van der Waals surface area contributed by atoms with Crippen molar-refractivity contribution in [2.45, 2.75) is 13.0 Å². The Hall–Kier alpha value is -3.05. The third-order valence-electron chi connectivity index (χ3n) is 5.75. The van der Waals surface area contributed by atoms with E-state index in [0.29, 0.717) is 12.3 Å². The summed E-state index contributed by atoms with van der Waals surface area (Å²) in [6, 6.07) is 22.0. The second kappa shape index (κ2) is 8.53. The molecule has 1 saturated heterocycles. The summed E-state index contributed by atoms with van der Waals surface area (Å²) in [6.07, 6.45) is 0. The van der Waals surface area contributed by atoms with Gasteiger partial charge in [-0.25, -0.2) is 0 Å². The zero-order valence-electron chi connectivity index (χ0n) is 16.8. The van der Waals surface area contributed by atoms with Gasteiger partial charge in [0, 0.05) is 0 Å². The first kappa shape index (κ1) is 19.3. The Morgan fingerprint density at radius 1 is 1.03 bits per heavy atom. The number of carbonyl (C=O) groups is 1. The molecule has 0 bridgehead atoms. The summed E-state index contributed by atoms with van der Waals surface area (Å²) in [4.78, 5) is 16.0. The van der Waals surface area contributed by atoms with Crippen LogP contribution < -0.4 is 15.1 Å². The molecule has 29 heavy (non-hydrogen) atoms. The molecule has 1 heterocycles. The maximum Gasteiger partial charge on any atom is 0.275 e. The maximum atomic E-state index is 12.6. The van der Waals surface area contributed by atoms with Gasteiger partial charge >= 0.3 is 0 Å². The van der Waals surface area contributed by atoms with E-state index in [2.05, 4.69) is 40.5 Å². The Labute approximate surface area is 171 Å². The number of aromatic hydroxyl groups is 1. The fourth-order valence-corrected chi connectivity index (χ4v) is 4.05. The molecule has 3 N–H and O–H groups in total. The monoisotopic (exact) mass is 390 g/mol. The fourth-order valence-electron chi connectivity index (χ4n) is 4.05. The lowest BCUT2D eigenvalue weighted by Crippen LogP contribution is -3.15. The van der Waals surface area contributed by atoms with Crippen LogP contribution in [0.4, 0.5) is 5.69 Å². The summed E-state index contributed by atoms with van der Waals surface area (Å²) in [7, 11) is 0. The summed E-state index contributed by atoms with van der Waals surface area (Å²) >= 11 is 0. The number of benzene rings is 3. The second-order valence-corrected chi connectivity index (χ2v) is 7.80. The summed E-state index contributed by atoms with van der Waals surface area (Å²) < 4.78 is 0. The maximum absolute atomic E-state index is 12.6. The smallest absolute Gasteiger partial charge is 0.275 e. The number of nitrogens with one attached hydrogen (secondary N) is 2. The van der Waals surface area contributed by atoms with E-state index in [9.17, 15) is 9.90 Å². The van der Waals surface area contributed by atoms with Crippen molar-refractivity contribution in [3.63, 3.8) is 0 Å². The van der Waals surface area contributed by atoms with Gasteiger partial charge in [0.1, 0.15) is 5.75 Å². The molecular weight excluding hydrogens is 362 g/mol. The minimum Gasteiger partial charge on any atom is -0.506 e. The van der Waals surface area contributed by atoms with Crippen LogP contribution in [-0.2, 0) is 4.79 Å². The molecule has 1 amide bonds. The molecule has 5 heteroatoms. The number of fused-ring (bicyclic) bond motifs is 1. The molecule has 3 aromatic carbocycles. The van der Waals surface area contributed by atoms with Crippen molar-refractivity contribution >= 4 is 22.4 Å². The van der Waals surface area contributed by atoms with Crippen LogP contribution in [0.3, 0.4) is 0 Å². The molecule has 0 saturated carbocycles. The minimum absolute atomic E-state index is 0.0194. The molecule has 3 aromatic rings. The number of carbonyl (C=O) groups excluding carboxylic acids is 1. The summed E-state index contributed by atoms with van der Waals surface area (Å²) in [5, 5.41) is 15.6. The number of para-hydroxylation sites is 2. The Morgan fingerprint density at radius 2 is 1.72 bits per heavy atom. The number of phenols is 1. The lowest BCUT2D eigenvalue weighted by molar-refractivity contribution is -0.892. The molecular formula is C24H28N3O2+. The first-order valence-corrected chi connectivity index (χ1v) is 10.2. The first-order valence-electron chi connectivity index (χ1n) is 10.2. The van der Waals surface area contributed by atoms with Crippen molar-refractivity contribution < 1.29 is 14.8 Å². The number of rotatable bonds is 5. The molecule has 5 nitrogen and oxygen atoms in total. The van der Waals surface area contributed by atoms with E-state index in [1.807, 2.05) is 37.3 Å². The number of amides is 1. The van der Waals surface area contributed by atoms with E-state index in [1.54, 1.807) is 6.07 Å². The molecule has 4 rings (SSSR count). The Kier molecular flexibility index (Phi) is 5.67. The molecule has 0 aromatic heterocycles. The molecule has 0 spiro atoms. The molecule has 0 unspecified atom stereocenters. The third kappa shape index (κ3) is 4.51. The van der Waals surface area contributed by atoms with E-state index in [-0.39, 0.29) is 11.9 Å². The SMILES string of the molecule is C[C@@H](NC(=O)C[NH+]1CCN(c2ccccc2O)CC1)c1ccc2ccccc2c1. The molecule has 0 radical (unpaired) electrons. The standard InChI is InChI=1S/C24H27N3O2/c1-18(20-11-10-19-6-2-3-7-21(19)16-20)25-24(29)17-26-12-14-27(15-13-26)22-8-4-5-9-23(22)28/h2-11,16,18,28H,12-15,17H2,1H3,(H,25,29)/p+1/t18-/m1/s1. The number of quaternary nitrogens is 1. The van der Waals surface area contributed by atoms with Gasteiger partial charge in [-0.1, -0.05) is 48.5 Å². The Morgan fingerprint density at radius 3 is 2.48 bits per heavy atom. The summed E-state index contributed by atoms with van der Waals surface area (Å²) in [5.41, 5.74) is 2.00. The zero-order chi connectivity index (χ0) is 20.2. The average molecular weight is 391 g/mol. The van der Waals surface area contributed by atoms with Gasteiger partial charge in [-0.2, -0.15) is 0 Å². The van der Waals surface area contributed by atoms with Crippen LogP contribution >= 0.6 is 0 Å². The van der Waals surface area contributed by atoms with E-state index < -0.39 is 0 Å². The first-order chi connectivity index (χ1) is 14.1. The van der Waals surface area contributed by atoms with Gasteiger partial charge in [0.15, 0.2) is 6.54 Å². The zero-order valence-corrected chi connectivity index (χ0v) is 16.8. The lowest BCUT2D eigenvalue weighted by Gasteiger charge is -2.33. The number of piperazine rings is 1. The van der Waals surface area contributed by atoms with Crippen molar-refractivity contribution in [1.82, 2.24) is 5.32 Å². The summed E-state index contributed by atoms with van der Waals surface area (Å²) in [6.45, 7) is 5.94. The van der Waals surface area contributed by atoms with Gasteiger partial charge in [-0.05, 0) is 41.5 Å². The largest absolute Gasteiger partial charge is 0.506 e. The van der Waals surface area contributed by atoms with Crippen molar-refractivity contribution in [2.24, 2.45) is 0 Å². The second-order valence-electron chi connectivity index (χ2n) is 7.80. The van der Waals surface area contributed by atoms with E-state index in [4.69, 9.17) is 0 Å². The quantitative estimate of drug-likeness (QED) is 0.626. The number of anilines is 1. The van der Waals surface area contributed by atoms with Crippen LogP contribution in [0, 0.1) is 0 Å². The van der Waals surface area contributed by atoms with Crippen LogP contribution in [0.15, 0.2) is 66.7 Å². The number of phenolic OH excluding ortho intramolecular Hbond substituents is 1. The fraction of sp³-hybridized carbons (Fsp3) is 0.292. The van der Waals surface area contributed by atoms with E-state index >= 15 is 0 Å². The van der Waals surface area contributed by atoms with Crippen LogP contribution in [0.25, 0.3) is 10.8 Å². The van der Waals surface area contributed by atoms with Crippen molar-refractivity contribution in [3.8, 4) is 5.75 Å². The average Bonchev–Trinajstić information content (AvgIpc) is 2.74. The van der Waals surface area contributed by atoms with Gasteiger partial charge < -0.3 is 20.2 Å². The highest BCUT2D eigenvalue weighted by Gasteiger charge is 2.24. The van der Waals surface area contributed by atoms with Gasteiger partial charge in [-0.3, -0.25) is 4.79 Å². The van der Waals surface area contributed by atoms with Gasteiger partial charge in [0.2, 0.25) is 0 Å². The number of nitrogens with zero attached hydrogens (tertiary/aromatic N) is 1. The van der Waals surface area contributed by atoms with Crippen LogP contribution in [0.1, 0.15) is 18.5 Å². The molecule has 1 fully saturated rings.